The van der Waals surface area contributed by atoms with Gasteiger partial charge in [-0.3, -0.25) is 0 Å². The zero-order valence-corrected chi connectivity index (χ0v) is 17.9. The molecule has 2 amide bonds. The first-order valence-electron chi connectivity index (χ1n) is 11.0. The molecule has 2 atom stereocenters. The molecule has 31 heavy (non-hydrogen) atoms. The summed E-state index contributed by atoms with van der Waals surface area (Å²) in [5, 5.41) is 2.84. The first-order chi connectivity index (χ1) is 14.8. The highest BCUT2D eigenvalue weighted by Gasteiger charge is 2.34. The molecule has 0 aromatic heterocycles. The first-order valence-corrected chi connectivity index (χ1v) is 11.0. The van der Waals surface area contributed by atoms with E-state index in [0.717, 1.165) is 44.1 Å². The number of nitrogens with two attached hydrogens (primary N) is 1. The minimum atomic E-state index is -4.69. The molecule has 1 heterocycles. The van der Waals surface area contributed by atoms with Gasteiger partial charge in [0.25, 0.3) is 0 Å². The predicted octanol–water partition coefficient (Wildman–Crippen LogP) is 4.15. The maximum absolute atomic E-state index is 12.5. The van der Waals surface area contributed by atoms with E-state index in [1.54, 1.807) is 11.0 Å². The number of hydrogen-bond donors (Lipinski definition) is 2. The van der Waals surface area contributed by atoms with Crippen molar-refractivity contribution >= 4 is 6.03 Å². The van der Waals surface area contributed by atoms with Crippen molar-refractivity contribution in [2.45, 2.75) is 75.9 Å². The molecule has 9 heteroatoms. The van der Waals surface area contributed by atoms with Crippen molar-refractivity contribution < 1.29 is 27.4 Å². The van der Waals surface area contributed by atoms with Crippen LogP contribution in [0, 0.1) is 0 Å². The zero-order chi connectivity index (χ0) is 22.4. The van der Waals surface area contributed by atoms with Gasteiger partial charge >= 0.3 is 12.4 Å². The maximum atomic E-state index is 12.5. The van der Waals surface area contributed by atoms with Crippen LogP contribution in [0.5, 0.6) is 5.75 Å². The van der Waals surface area contributed by atoms with Crippen LogP contribution < -0.4 is 15.8 Å². The van der Waals surface area contributed by atoms with Crippen molar-refractivity contribution in [1.29, 1.82) is 0 Å². The number of rotatable bonds is 6. The molecule has 6 nitrogen and oxygen atoms in total. The number of ether oxygens (including phenoxy) is 2. The van der Waals surface area contributed by atoms with Gasteiger partial charge in [-0.25, -0.2) is 4.79 Å². The number of nitrogens with zero attached hydrogens (tertiary/aromatic N) is 1. The van der Waals surface area contributed by atoms with E-state index in [4.69, 9.17) is 10.5 Å². The Balaban J connectivity index is 1.51. The summed E-state index contributed by atoms with van der Waals surface area (Å²) in [4.78, 5) is 14.1. The maximum Gasteiger partial charge on any atom is 0.573 e. The zero-order valence-electron chi connectivity index (χ0n) is 17.9. The van der Waals surface area contributed by atoms with Crippen molar-refractivity contribution in [3.63, 3.8) is 0 Å². The lowest BCUT2D eigenvalue weighted by atomic mass is 9.82. The average molecular weight is 444 g/mol. The number of likely N-dealkylation sites (tertiary alicyclic amines) is 1. The van der Waals surface area contributed by atoms with E-state index in [-0.39, 0.29) is 35.9 Å². The van der Waals surface area contributed by atoms with E-state index in [1.807, 2.05) is 13.0 Å². The second-order valence-electron chi connectivity index (χ2n) is 8.33. The quantitative estimate of drug-likeness (QED) is 0.693. The molecule has 2 aliphatic rings. The van der Waals surface area contributed by atoms with E-state index in [1.165, 1.54) is 12.1 Å². The summed E-state index contributed by atoms with van der Waals surface area (Å²) in [5.74, 6) is 0.000471. The molecular weight excluding hydrogens is 411 g/mol. The highest BCUT2D eigenvalue weighted by atomic mass is 19.4. The Bertz CT molecular complexity index is 723. The van der Waals surface area contributed by atoms with Gasteiger partial charge in [-0.05, 0) is 69.1 Å². The van der Waals surface area contributed by atoms with E-state index in [2.05, 4.69) is 10.1 Å². The number of carbonyl (C=O) groups is 1. The van der Waals surface area contributed by atoms with Crippen molar-refractivity contribution in [1.82, 2.24) is 10.2 Å². The Hall–Kier alpha value is -2.00. The first kappa shape index (κ1) is 23.7. The summed E-state index contributed by atoms with van der Waals surface area (Å²) in [6.07, 6.45) is 0.427. The standard InChI is InChI=1S/C22H32F3N3O3/c1-2-27-21(29)28-12-4-7-19(26)20(28)14-30-17-10-8-15(9-11-17)16-5-3-6-18(13-16)31-22(23,24)25/h3,5-6,13,15,17,19-20H,2,4,7-12,14,26H2,1H3,(H,27,29)/t15-,17+,19?,20?. The van der Waals surface area contributed by atoms with Crippen molar-refractivity contribution in [3.8, 4) is 5.75 Å². The average Bonchev–Trinajstić information content (AvgIpc) is 2.72. The Kier molecular flexibility index (Phi) is 8.05. The Labute approximate surface area is 181 Å². The van der Waals surface area contributed by atoms with Gasteiger partial charge in [0.05, 0.1) is 18.8 Å². The molecule has 1 aromatic rings. The number of urea groups is 1. The van der Waals surface area contributed by atoms with Gasteiger partial charge in [0, 0.05) is 19.1 Å². The molecule has 2 unspecified atom stereocenters. The highest BCUT2D eigenvalue weighted by molar-refractivity contribution is 5.74. The second-order valence-corrected chi connectivity index (χ2v) is 8.33. The smallest absolute Gasteiger partial charge is 0.406 e. The number of nitrogens with one attached hydrogen (secondary N) is 1. The Morgan fingerprint density at radius 2 is 1.97 bits per heavy atom. The molecule has 3 N–H and O–H groups in total. The van der Waals surface area contributed by atoms with E-state index >= 15 is 0 Å². The van der Waals surface area contributed by atoms with Crippen LogP contribution in [0.4, 0.5) is 18.0 Å². The van der Waals surface area contributed by atoms with Crippen LogP contribution in [0.1, 0.15) is 56.9 Å². The molecule has 0 radical (unpaired) electrons. The fraction of sp³-hybridized carbons (Fsp3) is 0.682. The fourth-order valence-electron chi connectivity index (χ4n) is 4.57. The van der Waals surface area contributed by atoms with Gasteiger partial charge < -0.3 is 25.4 Å². The van der Waals surface area contributed by atoms with Gasteiger partial charge in [0.15, 0.2) is 0 Å². The predicted molar refractivity (Wildman–Crippen MR) is 111 cm³/mol. The summed E-state index contributed by atoms with van der Waals surface area (Å²) >= 11 is 0. The van der Waals surface area contributed by atoms with Crippen LogP contribution in [0.15, 0.2) is 24.3 Å². The summed E-state index contributed by atoms with van der Waals surface area (Å²) in [5.41, 5.74) is 7.14. The molecule has 0 spiro atoms. The summed E-state index contributed by atoms with van der Waals surface area (Å²) in [7, 11) is 0. The highest BCUT2D eigenvalue weighted by Crippen LogP contribution is 2.36. The molecule has 1 aliphatic heterocycles. The van der Waals surface area contributed by atoms with E-state index in [0.29, 0.717) is 19.7 Å². The molecule has 2 fully saturated rings. The second kappa shape index (κ2) is 10.5. The van der Waals surface area contributed by atoms with Crippen molar-refractivity contribution in [3.05, 3.63) is 29.8 Å². The number of hydrogen-bond acceptors (Lipinski definition) is 4. The molecule has 174 valence electrons. The molecular formula is C22H32F3N3O3. The minimum Gasteiger partial charge on any atom is -0.406 e. The van der Waals surface area contributed by atoms with Crippen molar-refractivity contribution in [2.75, 3.05) is 19.7 Å². The Morgan fingerprint density at radius 3 is 2.65 bits per heavy atom. The van der Waals surface area contributed by atoms with Gasteiger partial charge in [-0.15, -0.1) is 13.2 Å². The molecule has 1 aliphatic carbocycles. The van der Waals surface area contributed by atoms with Gasteiger partial charge in [0.2, 0.25) is 0 Å². The lowest BCUT2D eigenvalue weighted by Gasteiger charge is -2.40. The van der Waals surface area contributed by atoms with Crippen molar-refractivity contribution in [2.24, 2.45) is 5.73 Å². The van der Waals surface area contributed by atoms with Gasteiger partial charge in [-0.2, -0.15) is 0 Å². The lowest BCUT2D eigenvalue weighted by molar-refractivity contribution is -0.274. The SMILES string of the molecule is CCNC(=O)N1CCCC(N)C1CO[C@H]1CC[C@@H](c2cccc(OC(F)(F)F)c2)CC1. The molecule has 0 bridgehead atoms. The molecule has 1 saturated carbocycles. The van der Waals surface area contributed by atoms with Crippen LogP contribution in [0.25, 0.3) is 0 Å². The van der Waals surface area contributed by atoms with Crippen LogP contribution >= 0.6 is 0 Å². The summed E-state index contributed by atoms with van der Waals surface area (Å²) in [6.45, 7) is 3.53. The number of alkyl halides is 3. The monoisotopic (exact) mass is 443 g/mol. The van der Waals surface area contributed by atoms with Crippen LogP contribution in [0.3, 0.4) is 0 Å². The Morgan fingerprint density at radius 1 is 1.23 bits per heavy atom. The van der Waals surface area contributed by atoms with Gasteiger partial charge in [0.1, 0.15) is 5.75 Å². The van der Waals surface area contributed by atoms with Crippen LogP contribution in [0.2, 0.25) is 0 Å². The third kappa shape index (κ3) is 6.74. The molecule has 3 rings (SSSR count). The number of benzene rings is 1. The summed E-state index contributed by atoms with van der Waals surface area (Å²) < 4.78 is 47.6. The third-order valence-corrected chi connectivity index (χ3v) is 6.16. The summed E-state index contributed by atoms with van der Waals surface area (Å²) in [6, 6.07) is 5.89. The fourth-order valence-corrected chi connectivity index (χ4v) is 4.57. The molecule has 1 saturated heterocycles. The lowest BCUT2D eigenvalue weighted by Crippen LogP contribution is -2.58. The van der Waals surface area contributed by atoms with E-state index in [9.17, 15) is 18.0 Å². The van der Waals surface area contributed by atoms with Crippen LogP contribution in [-0.2, 0) is 4.74 Å². The van der Waals surface area contributed by atoms with E-state index < -0.39 is 6.36 Å². The minimum absolute atomic E-state index is 0.0658. The number of amides is 2. The number of carbonyl (C=O) groups excluding carboxylic acids is 1. The largest absolute Gasteiger partial charge is 0.573 e. The topological polar surface area (TPSA) is 76.8 Å². The normalized spacial score (nSPS) is 27.1. The van der Waals surface area contributed by atoms with Gasteiger partial charge in [-0.1, -0.05) is 12.1 Å². The number of halogens is 3. The molecule has 1 aromatic carbocycles. The number of piperidine rings is 1. The van der Waals surface area contributed by atoms with Crippen LogP contribution in [-0.4, -0.2) is 55.2 Å². The third-order valence-electron chi connectivity index (χ3n) is 6.16.